The Hall–Kier alpha value is -1.60. The Morgan fingerprint density at radius 2 is 2.11 bits per heavy atom. The number of benzene rings is 1. The lowest BCUT2D eigenvalue weighted by atomic mass is 10.0. The highest BCUT2D eigenvalue weighted by Gasteiger charge is 2.19. The van der Waals surface area contributed by atoms with E-state index in [4.69, 9.17) is 5.26 Å². The molecule has 0 aromatic heterocycles. The van der Waals surface area contributed by atoms with Gasteiger partial charge in [0.1, 0.15) is 5.82 Å². The van der Waals surface area contributed by atoms with Gasteiger partial charge in [-0.15, -0.1) is 0 Å². The SMILES string of the molecule is CCNC(C)c1c(F)cccc1N(C)C(C)CC#N. The summed E-state index contributed by atoms with van der Waals surface area (Å²) in [5.41, 5.74) is 1.51. The van der Waals surface area contributed by atoms with Crippen molar-refractivity contribution < 1.29 is 4.39 Å². The number of hydrogen-bond acceptors (Lipinski definition) is 3. The minimum Gasteiger partial charge on any atom is -0.370 e. The van der Waals surface area contributed by atoms with Crippen LogP contribution < -0.4 is 10.2 Å². The van der Waals surface area contributed by atoms with Crippen LogP contribution in [0.5, 0.6) is 0 Å². The number of nitriles is 1. The largest absolute Gasteiger partial charge is 0.370 e. The second kappa shape index (κ2) is 7.10. The first-order chi connectivity index (χ1) is 9.02. The average molecular weight is 263 g/mol. The molecule has 0 fully saturated rings. The van der Waals surface area contributed by atoms with Gasteiger partial charge in [0.15, 0.2) is 0 Å². The highest BCUT2D eigenvalue weighted by Crippen LogP contribution is 2.29. The quantitative estimate of drug-likeness (QED) is 0.856. The summed E-state index contributed by atoms with van der Waals surface area (Å²) in [4.78, 5) is 1.97. The van der Waals surface area contributed by atoms with E-state index in [2.05, 4.69) is 11.4 Å². The van der Waals surface area contributed by atoms with Crippen molar-refractivity contribution in [3.05, 3.63) is 29.6 Å². The van der Waals surface area contributed by atoms with Gasteiger partial charge in [-0.1, -0.05) is 13.0 Å². The molecule has 0 aliphatic rings. The Morgan fingerprint density at radius 1 is 1.42 bits per heavy atom. The second-order valence-corrected chi connectivity index (χ2v) is 4.77. The van der Waals surface area contributed by atoms with Gasteiger partial charge in [-0.3, -0.25) is 0 Å². The van der Waals surface area contributed by atoms with Crippen molar-refractivity contribution in [1.29, 1.82) is 5.26 Å². The molecule has 0 saturated carbocycles. The summed E-state index contributed by atoms with van der Waals surface area (Å²) in [5, 5.41) is 12.0. The summed E-state index contributed by atoms with van der Waals surface area (Å²) in [6.45, 7) is 6.70. The number of nitrogens with one attached hydrogen (secondary N) is 1. The van der Waals surface area contributed by atoms with E-state index < -0.39 is 0 Å². The molecule has 1 N–H and O–H groups in total. The highest BCUT2D eigenvalue weighted by atomic mass is 19.1. The molecule has 2 atom stereocenters. The van der Waals surface area contributed by atoms with Crippen LogP contribution in [-0.4, -0.2) is 19.6 Å². The zero-order chi connectivity index (χ0) is 14.4. The zero-order valence-corrected chi connectivity index (χ0v) is 12.1. The second-order valence-electron chi connectivity index (χ2n) is 4.77. The maximum atomic E-state index is 14.1. The van der Waals surface area contributed by atoms with E-state index in [1.165, 1.54) is 6.07 Å². The summed E-state index contributed by atoms with van der Waals surface area (Å²) in [5.74, 6) is -0.207. The van der Waals surface area contributed by atoms with Crippen LogP contribution in [0.25, 0.3) is 0 Å². The van der Waals surface area contributed by atoms with Crippen LogP contribution in [0.2, 0.25) is 0 Å². The van der Waals surface area contributed by atoms with Crippen molar-refractivity contribution in [2.24, 2.45) is 0 Å². The molecule has 0 saturated heterocycles. The Balaban J connectivity index is 3.13. The third-order valence-electron chi connectivity index (χ3n) is 3.40. The van der Waals surface area contributed by atoms with Crippen LogP contribution in [0.4, 0.5) is 10.1 Å². The standard InChI is InChI=1S/C15H22FN3/c1-5-18-12(3)15-13(16)7-6-8-14(15)19(4)11(2)9-10-17/h6-8,11-12,18H,5,9H2,1-4H3. The summed E-state index contributed by atoms with van der Waals surface area (Å²) >= 11 is 0. The molecule has 0 radical (unpaired) electrons. The Kier molecular flexibility index (Phi) is 5.78. The van der Waals surface area contributed by atoms with Gasteiger partial charge >= 0.3 is 0 Å². The smallest absolute Gasteiger partial charge is 0.130 e. The fourth-order valence-corrected chi connectivity index (χ4v) is 2.18. The molecule has 4 heteroatoms. The zero-order valence-electron chi connectivity index (χ0n) is 12.1. The van der Waals surface area contributed by atoms with Gasteiger partial charge in [-0.2, -0.15) is 5.26 Å². The molecule has 19 heavy (non-hydrogen) atoms. The first kappa shape index (κ1) is 15.5. The van der Waals surface area contributed by atoms with Gasteiger partial charge in [-0.25, -0.2) is 4.39 Å². The lowest BCUT2D eigenvalue weighted by molar-refractivity contribution is 0.537. The van der Waals surface area contributed by atoms with Crippen molar-refractivity contribution >= 4 is 5.69 Å². The van der Waals surface area contributed by atoms with Crippen LogP contribution in [0.15, 0.2) is 18.2 Å². The van der Waals surface area contributed by atoms with Gasteiger partial charge in [0.2, 0.25) is 0 Å². The third kappa shape index (κ3) is 3.68. The molecule has 0 heterocycles. The van der Waals surface area contributed by atoms with E-state index in [-0.39, 0.29) is 17.9 Å². The van der Waals surface area contributed by atoms with E-state index in [0.29, 0.717) is 12.0 Å². The topological polar surface area (TPSA) is 39.1 Å². The fourth-order valence-electron chi connectivity index (χ4n) is 2.18. The number of anilines is 1. The maximum absolute atomic E-state index is 14.1. The normalized spacial score (nSPS) is 13.7. The minimum atomic E-state index is -0.207. The van der Waals surface area contributed by atoms with Gasteiger partial charge in [0.25, 0.3) is 0 Å². The molecule has 0 amide bonds. The van der Waals surface area contributed by atoms with Crippen molar-refractivity contribution in [2.75, 3.05) is 18.5 Å². The van der Waals surface area contributed by atoms with E-state index >= 15 is 0 Å². The van der Waals surface area contributed by atoms with Crippen LogP contribution in [0, 0.1) is 17.1 Å². The van der Waals surface area contributed by atoms with Crippen molar-refractivity contribution in [1.82, 2.24) is 5.32 Å². The Morgan fingerprint density at radius 3 is 2.68 bits per heavy atom. The molecular weight excluding hydrogens is 241 g/mol. The van der Waals surface area contributed by atoms with Crippen molar-refractivity contribution in [2.45, 2.75) is 39.3 Å². The van der Waals surface area contributed by atoms with Crippen LogP contribution in [-0.2, 0) is 0 Å². The Bertz CT molecular complexity index is 453. The lowest BCUT2D eigenvalue weighted by Crippen LogP contribution is -2.31. The molecule has 0 aliphatic carbocycles. The van der Waals surface area contributed by atoms with Crippen LogP contribution in [0.3, 0.4) is 0 Å². The molecule has 1 rings (SSSR count). The first-order valence-corrected chi connectivity index (χ1v) is 6.64. The van der Waals surface area contributed by atoms with Gasteiger partial charge < -0.3 is 10.2 Å². The molecule has 2 unspecified atom stereocenters. The number of nitrogens with zero attached hydrogens (tertiary/aromatic N) is 2. The average Bonchev–Trinajstić information content (AvgIpc) is 2.38. The van der Waals surface area contributed by atoms with Gasteiger partial charge in [0, 0.05) is 30.4 Å². The van der Waals surface area contributed by atoms with E-state index in [9.17, 15) is 4.39 Å². The van der Waals surface area contributed by atoms with Crippen LogP contribution >= 0.6 is 0 Å². The summed E-state index contributed by atoms with van der Waals surface area (Å²) in [6, 6.07) is 7.25. The van der Waals surface area contributed by atoms with Crippen molar-refractivity contribution in [3.63, 3.8) is 0 Å². The number of halogens is 1. The summed E-state index contributed by atoms with van der Waals surface area (Å²) < 4.78 is 14.1. The van der Waals surface area contributed by atoms with Gasteiger partial charge in [0.05, 0.1) is 12.5 Å². The first-order valence-electron chi connectivity index (χ1n) is 6.64. The van der Waals surface area contributed by atoms with Gasteiger partial charge in [-0.05, 0) is 32.5 Å². The molecule has 0 bridgehead atoms. The van der Waals surface area contributed by atoms with E-state index in [1.807, 2.05) is 38.8 Å². The summed E-state index contributed by atoms with van der Waals surface area (Å²) in [7, 11) is 1.90. The molecule has 1 aromatic rings. The molecule has 0 aliphatic heterocycles. The van der Waals surface area contributed by atoms with Crippen LogP contribution in [0.1, 0.15) is 38.8 Å². The van der Waals surface area contributed by atoms with E-state index in [0.717, 1.165) is 12.2 Å². The molecule has 0 spiro atoms. The molecule has 1 aromatic carbocycles. The fraction of sp³-hybridized carbons (Fsp3) is 0.533. The third-order valence-corrected chi connectivity index (χ3v) is 3.40. The Labute approximate surface area is 115 Å². The number of hydrogen-bond donors (Lipinski definition) is 1. The summed E-state index contributed by atoms with van der Waals surface area (Å²) in [6.07, 6.45) is 0.419. The molecular formula is C15H22FN3. The molecule has 104 valence electrons. The highest BCUT2D eigenvalue weighted by molar-refractivity contribution is 5.55. The number of rotatable bonds is 6. The minimum absolute atomic E-state index is 0.0550. The monoisotopic (exact) mass is 263 g/mol. The predicted octanol–water partition coefficient (Wildman–Crippen LogP) is 3.23. The predicted molar refractivity (Wildman–Crippen MR) is 76.6 cm³/mol. The molecule has 3 nitrogen and oxygen atoms in total. The maximum Gasteiger partial charge on any atom is 0.130 e. The lowest BCUT2D eigenvalue weighted by Gasteiger charge is -2.29. The van der Waals surface area contributed by atoms with E-state index in [1.54, 1.807) is 6.07 Å². The van der Waals surface area contributed by atoms with Crippen molar-refractivity contribution in [3.8, 4) is 6.07 Å².